The van der Waals surface area contributed by atoms with Crippen LogP contribution < -0.4 is 10.3 Å². The van der Waals surface area contributed by atoms with Crippen molar-refractivity contribution in [3.63, 3.8) is 0 Å². The number of hydrogen-bond acceptors (Lipinski definition) is 5. The summed E-state index contributed by atoms with van der Waals surface area (Å²) < 4.78 is 30.9. The number of hydrogen-bond donors (Lipinski definition) is 0. The number of rotatable bonds is 6. The minimum atomic E-state index is -4.06. The Bertz CT molecular complexity index is 3110. The molecule has 10 rings (SSSR count). The molecule has 0 saturated heterocycles. The van der Waals surface area contributed by atoms with Gasteiger partial charge in [-0.3, -0.25) is 9.59 Å². The van der Waals surface area contributed by atoms with Gasteiger partial charge in [0.05, 0.1) is 20.8 Å². The van der Waals surface area contributed by atoms with Gasteiger partial charge in [0.15, 0.2) is 11.2 Å². The van der Waals surface area contributed by atoms with Crippen molar-refractivity contribution in [1.29, 1.82) is 0 Å². The van der Waals surface area contributed by atoms with Crippen LogP contribution in [0.2, 0.25) is 0 Å². The first kappa shape index (κ1) is 34.2. The summed E-state index contributed by atoms with van der Waals surface area (Å²) in [6.07, 6.45) is 0. The summed E-state index contributed by atoms with van der Waals surface area (Å²) in [6, 6.07) is 61.2. The smallest absolute Gasteiger partial charge is 0.208 e. The van der Waals surface area contributed by atoms with Gasteiger partial charge in [0.2, 0.25) is 9.84 Å². The van der Waals surface area contributed by atoms with Crippen LogP contribution >= 0.6 is 0 Å². The molecule has 0 atom stereocenters. The largest absolute Gasteiger partial charge is 0.311 e. The van der Waals surface area contributed by atoms with Gasteiger partial charge >= 0.3 is 0 Å². The molecule has 9 aromatic rings. The molecule has 0 bridgehead atoms. The molecule has 0 fully saturated rings. The first-order chi connectivity index (χ1) is 27.9. The molecule has 2 heterocycles. The summed E-state index contributed by atoms with van der Waals surface area (Å²) in [5, 5.41) is 1.26. The lowest BCUT2D eigenvalue weighted by molar-refractivity contribution is 0.103. The molecular formula is C50H32N2O4S. The van der Waals surface area contributed by atoms with Gasteiger partial charge < -0.3 is 9.47 Å². The van der Waals surface area contributed by atoms with Crippen molar-refractivity contribution in [2.24, 2.45) is 0 Å². The molecule has 0 spiro atoms. The second kappa shape index (κ2) is 13.4. The van der Waals surface area contributed by atoms with Crippen molar-refractivity contribution < 1.29 is 13.2 Å². The average molecular weight is 757 g/mol. The van der Waals surface area contributed by atoms with Crippen molar-refractivity contribution in [3.05, 3.63) is 215 Å². The highest BCUT2D eigenvalue weighted by molar-refractivity contribution is 7.91. The van der Waals surface area contributed by atoms with Crippen LogP contribution in [0.4, 0.5) is 17.1 Å². The number of carbonyl (C=O) groups excluding carboxylic acids is 1. The maximum absolute atomic E-state index is 14.4. The number of sulfone groups is 1. The fraction of sp³-hybridized carbons (Fsp3) is 0. The Hall–Kier alpha value is -7.35. The van der Waals surface area contributed by atoms with Crippen molar-refractivity contribution >= 4 is 54.5 Å². The van der Waals surface area contributed by atoms with Gasteiger partial charge in [-0.15, -0.1) is 0 Å². The number of para-hydroxylation sites is 4. The number of ketones is 1. The van der Waals surface area contributed by atoms with Crippen LogP contribution in [0.25, 0.3) is 49.7 Å². The molecule has 1 aromatic heterocycles. The molecule has 272 valence electrons. The van der Waals surface area contributed by atoms with Crippen LogP contribution in [0.1, 0.15) is 15.9 Å². The maximum atomic E-state index is 14.4. The van der Waals surface area contributed by atoms with E-state index in [2.05, 4.69) is 33.7 Å². The predicted octanol–water partition coefficient (Wildman–Crippen LogP) is 11.3. The van der Waals surface area contributed by atoms with Gasteiger partial charge in [0.1, 0.15) is 0 Å². The Balaban J connectivity index is 0.992. The molecule has 6 nitrogen and oxygen atoms in total. The summed E-state index contributed by atoms with van der Waals surface area (Å²) in [5.74, 6) is -0.322. The highest BCUT2D eigenvalue weighted by Crippen LogP contribution is 2.40. The number of pyridine rings is 1. The summed E-state index contributed by atoms with van der Waals surface area (Å²) in [7, 11) is -4.06. The molecule has 7 heteroatoms. The van der Waals surface area contributed by atoms with E-state index in [4.69, 9.17) is 0 Å². The minimum Gasteiger partial charge on any atom is -0.311 e. The van der Waals surface area contributed by atoms with Gasteiger partial charge in [-0.2, -0.15) is 0 Å². The van der Waals surface area contributed by atoms with Gasteiger partial charge in [-0.05, 0) is 119 Å². The lowest BCUT2D eigenvalue weighted by atomic mass is 9.96. The van der Waals surface area contributed by atoms with Gasteiger partial charge in [0, 0.05) is 44.6 Å². The zero-order chi connectivity index (χ0) is 38.7. The van der Waals surface area contributed by atoms with Crippen LogP contribution in [0.5, 0.6) is 0 Å². The van der Waals surface area contributed by atoms with E-state index >= 15 is 0 Å². The monoisotopic (exact) mass is 756 g/mol. The lowest BCUT2D eigenvalue weighted by Gasteiger charge is -2.25. The number of carbonyl (C=O) groups is 1. The highest BCUT2D eigenvalue weighted by Gasteiger charge is 2.35. The molecule has 8 aromatic carbocycles. The van der Waals surface area contributed by atoms with Crippen molar-refractivity contribution in [1.82, 2.24) is 4.57 Å². The maximum Gasteiger partial charge on any atom is 0.208 e. The van der Waals surface area contributed by atoms with Crippen LogP contribution in [0.15, 0.2) is 209 Å². The van der Waals surface area contributed by atoms with Crippen LogP contribution in [-0.2, 0) is 9.84 Å². The minimum absolute atomic E-state index is 0.00116. The Morgan fingerprint density at radius 2 is 0.807 bits per heavy atom. The molecule has 57 heavy (non-hydrogen) atoms. The molecule has 0 amide bonds. The predicted molar refractivity (Wildman–Crippen MR) is 228 cm³/mol. The molecule has 0 aliphatic carbocycles. The van der Waals surface area contributed by atoms with Crippen molar-refractivity contribution in [2.45, 2.75) is 9.79 Å². The van der Waals surface area contributed by atoms with E-state index in [9.17, 15) is 18.0 Å². The molecule has 0 unspecified atom stereocenters. The summed E-state index contributed by atoms with van der Waals surface area (Å²) in [4.78, 5) is 29.3. The highest BCUT2D eigenvalue weighted by atomic mass is 32.2. The van der Waals surface area contributed by atoms with E-state index in [0.29, 0.717) is 21.9 Å². The van der Waals surface area contributed by atoms with Crippen molar-refractivity contribution in [2.75, 3.05) is 4.90 Å². The third kappa shape index (κ3) is 5.67. The zero-order valence-electron chi connectivity index (χ0n) is 30.4. The third-order valence-corrected chi connectivity index (χ3v) is 12.6. The number of fused-ring (bicyclic) bond motifs is 4. The number of aromatic nitrogens is 1. The average Bonchev–Trinajstić information content (AvgIpc) is 3.27. The fourth-order valence-electron chi connectivity index (χ4n) is 7.97. The fourth-order valence-corrected chi connectivity index (χ4v) is 9.67. The van der Waals surface area contributed by atoms with Crippen molar-refractivity contribution in [3.8, 4) is 27.9 Å². The normalized spacial score (nSPS) is 12.9. The van der Waals surface area contributed by atoms with Gasteiger partial charge in [0.25, 0.3) is 0 Å². The summed E-state index contributed by atoms with van der Waals surface area (Å²) in [5.41, 5.74) is 8.72. The quantitative estimate of drug-likeness (QED) is 0.158. The van der Waals surface area contributed by atoms with E-state index in [1.165, 1.54) is 0 Å². The van der Waals surface area contributed by atoms with E-state index in [1.54, 1.807) is 30.3 Å². The number of anilines is 3. The van der Waals surface area contributed by atoms with Crippen LogP contribution in [0.3, 0.4) is 0 Å². The topological polar surface area (TPSA) is 76.5 Å². The SMILES string of the molecule is O=C1c2ccc(-c3ccc(N(c4ccccc4)c4ccccc4)cc3)cc2S(=O)(=O)c2cc(-c3ccc(-n4c5ccccc5c(=O)c5ccccc54)cc3)ccc21. The Kier molecular flexibility index (Phi) is 8.06. The number of benzene rings is 8. The van der Waals surface area contributed by atoms with Crippen LogP contribution in [0, 0.1) is 0 Å². The molecular weight excluding hydrogens is 725 g/mol. The Morgan fingerprint density at radius 1 is 0.404 bits per heavy atom. The van der Waals surface area contributed by atoms with E-state index < -0.39 is 9.84 Å². The first-order valence-corrected chi connectivity index (χ1v) is 20.1. The standard InChI is InChI=1S/C50H32N2O4S/c53-49-41-15-7-9-17-45(41)52(46-18-10-8-16-42(46)49)40-27-21-34(22-28-40)36-24-30-44-48(32-36)57(55,56)47-31-35(23-29-43(47)50(44)54)33-19-25-39(26-20-33)51(37-11-3-1-4-12-37)38-13-5-2-6-14-38/h1-32H. The second-order valence-electron chi connectivity index (χ2n) is 14.1. The third-order valence-electron chi connectivity index (χ3n) is 10.8. The van der Waals surface area contributed by atoms with Gasteiger partial charge in [-0.25, -0.2) is 8.42 Å². The van der Waals surface area contributed by atoms with E-state index in [0.717, 1.165) is 44.9 Å². The molecule has 0 N–H and O–H groups in total. The molecule has 0 saturated carbocycles. The van der Waals surface area contributed by atoms with E-state index in [1.807, 2.05) is 140 Å². The molecule has 1 aliphatic rings. The first-order valence-electron chi connectivity index (χ1n) is 18.6. The Morgan fingerprint density at radius 3 is 1.30 bits per heavy atom. The van der Waals surface area contributed by atoms with E-state index in [-0.39, 0.29) is 32.1 Å². The van der Waals surface area contributed by atoms with Gasteiger partial charge in [-0.1, -0.05) is 97.1 Å². The summed E-state index contributed by atoms with van der Waals surface area (Å²) in [6.45, 7) is 0. The second-order valence-corrected chi connectivity index (χ2v) is 15.9. The summed E-state index contributed by atoms with van der Waals surface area (Å²) >= 11 is 0. The number of nitrogens with zero attached hydrogens (tertiary/aromatic N) is 2. The molecule has 1 aliphatic heterocycles. The zero-order valence-corrected chi connectivity index (χ0v) is 31.2. The van der Waals surface area contributed by atoms with Crippen LogP contribution in [-0.4, -0.2) is 18.8 Å². The molecule has 0 radical (unpaired) electrons. The Labute approximate surface area is 329 Å². The lowest BCUT2D eigenvalue weighted by Crippen LogP contribution is -2.20.